The van der Waals surface area contributed by atoms with E-state index >= 15 is 0 Å². The van der Waals surface area contributed by atoms with E-state index in [1.165, 1.54) is 23.3 Å². The second-order valence-corrected chi connectivity index (χ2v) is 7.72. The molecule has 0 aromatic heterocycles. The maximum absolute atomic E-state index is 13.4. The number of aliphatic imine (C=N–C) groups is 1. The molecular weight excluding hydrogens is 339 g/mol. The summed E-state index contributed by atoms with van der Waals surface area (Å²) in [5.41, 5.74) is 5.63. The van der Waals surface area contributed by atoms with Gasteiger partial charge in [-0.15, -0.1) is 0 Å². The third-order valence-corrected chi connectivity index (χ3v) is 5.72. The molecule has 2 aliphatic rings. The number of rotatable bonds is 1. The Morgan fingerprint density at radius 1 is 1.00 bits per heavy atom. The van der Waals surface area contributed by atoms with Crippen molar-refractivity contribution in [3.05, 3.63) is 58.9 Å². The maximum Gasteiger partial charge on any atom is 0.123 e. The average Bonchev–Trinajstić information content (AvgIpc) is 2.83. The Bertz CT molecular complexity index is 851. The van der Waals surface area contributed by atoms with Gasteiger partial charge in [0.2, 0.25) is 0 Å². The van der Waals surface area contributed by atoms with Gasteiger partial charge in [-0.3, -0.25) is 0 Å². The molecule has 27 heavy (non-hydrogen) atoms. The fraction of sp³-hybridized carbons (Fsp3) is 0.409. The molecule has 4 rings (SSSR count). The summed E-state index contributed by atoms with van der Waals surface area (Å²) >= 11 is 0. The molecule has 0 bridgehead atoms. The first-order chi connectivity index (χ1) is 13.0. The molecule has 0 radical (unpaired) electrons. The summed E-state index contributed by atoms with van der Waals surface area (Å²) in [5, 5.41) is 3.67. The van der Waals surface area contributed by atoms with Crippen molar-refractivity contribution in [1.82, 2.24) is 9.80 Å². The molecule has 0 saturated carbocycles. The molecule has 2 aromatic rings. The van der Waals surface area contributed by atoms with Crippen LogP contribution in [0.4, 0.5) is 15.8 Å². The number of halogens is 1. The van der Waals surface area contributed by atoms with Gasteiger partial charge in [-0.1, -0.05) is 12.1 Å². The molecular formula is C22H27FN4. The Labute approximate surface area is 160 Å². The van der Waals surface area contributed by atoms with Crippen molar-refractivity contribution in [1.29, 1.82) is 0 Å². The molecule has 2 aromatic carbocycles. The SMILES string of the molecule is Cc1cc2c(cc1C)NC(c1ccc(F)cc1)CC(N1CCN(C)CC1)=N2. The van der Waals surface area contributed by atoms with Crippen LogP contribution in [0.3, 0.4) is 0 Å². The Morgan fingerprint density at radius 3 is 2.37 bits per heavy atom. The Kier molecular flexibility index (Phi) is 4.87. The van der Waals surface area contributed by atoms with Gasteiger partial charge in [0.15, 0.2) is 0 Å². The highest BCUT2D eigenvalue weighted by Crippen LogP contribution is 2.36. The molecule has 0 aliphatic carbocycles. The maximum atomic E-state index is 13.4. The van der Waals surface area contributed by atoms with Crippen LogP contribution in [-0.2, 0) is 0 Å². The predicted molar refractivity (Wildman–Crippen MR) is 109 cm³/mol. The number of anilines is 1. The van der Waals surface area contributed by atoms with Crippen molar-refractivity contribution in [3.8, 4) is 0 Å². The zero-order valence-electron chi connectivity index (χ0n) is 16.3. The second kappa shape index (κ2) is 7.31. The number of piperazine rings is 1. The second-order valence-electron chi connectivity index (χ2n) is 7.72. The minimum atomic E-state index is -0.202. The summed E-state index contributed by atoms with van der Waals surface area (Å²) in [7, 11) is 2.16. The Hall–Kier alpha value is -2.40. The van der Waals surface area contributed by atoms with Crippen LogP contribution in [0, 0.1) is 19.7 Å². The number of benzene rings is 2. The molecule has 1 unspecified atom stereocenters. The molecule has 0 amide bonds. The number of nitrogens with one attached hydrogen (secondary N) is 1. The number of nitrogens with zero attached hydrogens (tertiary/aromatic N) is 3. The lowest BCUT2D eigenvalue weighted by molar-refractivity contribution is 0.213. The first kappa shape index (κ1) is 18.0. The number of fused-ring (bicyclic) bond motifs is 1. The number of aryl methyl sites for hydroxylation is 2. The van der Waals surface area contributed by atoms with E-state index in [2.05, 4.69) is 48.1 Å². The van der Waals surface area contributed by atoms with Gasteiger partial charge in [-0.2, -0.15) is 0 Å². The summed E-state index contributed by atoms with van der Waals surface area (Å²) in [6.45, 7) is 8.33. The van der Waals surface area contributed by atoms with E-state index in [1.807, 2.05) is 12.1 Å². The normalized spacial score (nSPS) is 20.5. The first-order valence-corrected chi connectivity index (χ1v) is 9.64. The van der Waals surface area contributed by atoms with E-state index in [0.29, 0.717) is 0 Å². The summed E-state index contributed by atoms with van der Waals surface area (Å²) in [6, 6.07) is 11.2. The van der Waals surface area contributed by atoms with Crippen molar-refractivity contribution < 1.29 is 4.39 Å². The lowest BCUT2D eigenvalue weighted by Crippen LogP contribution is -2.47. The van der Waals surface area contributed by atoms with Gasteiger partial charge in [0.05, 0.1) is 17.4 Å². The van der Waals surface area contributed by atoms with E-state index in [4.69, 9.17) is 4.99 Å². The van der Waals surface area contributed by atoms with Gasteiger partial charge in [-0.25, -0.2) is 9.38 Å². The third-order valence-electron chi connectivity index (χ3n) is 5.72. The van der Waals surface area contributed by atoms with Crippen molar-refractivity contribution >= 4 is 17.2 Å². The first-order valence-electron chi connectivity index (χ1n) is 9.64. The average molecular weight is 366 g/mol. The van der Waals surface area contributed by atoms with Gasteiger partial charge in [0.25, 0.3) is 0 Å². The molecule has 2 aliphatic heterocycles. The highest BCUT2D eigenvalue weighted by molar-refractivity contribution is 5.90. The number of likely N-dealkylation sites (N-methyl/N-ethyl adjacent to an activating group) is 1. The van der Waals surface area contributed by atoms with E-state index < -0.39 is 0 Å². The molecule has 1 saturated heterocycles. The number of hydrogen-bond acceptors (Lipinski definition) is 4. The zero-order chi connectivity index (χ0) is 19.0. The highest BCUT2D eigenvalue weighted by atomic mass is 19.1. The standard InChI is InChI=1S/C22H27FN4/c1-15-12-20-21(13-16(15)2)25-22(27-10-8-26(3)9-11-27)14-19(24-20)17-4-6-18(23)7-5-17/h4-7,12-13,19,24H,8-11,14H2,1-3H3. The van der Waals surface area contributed by atoms with Crippen LogP contribution in [0.25, 0.3) is 0 Å². The predicted octanol–water partition coefficient (Wildman–Crippen LogP) is 4.28. The van der Waals surface area contributed by atoms with Crippen LogP contribution >= 0.6 is 0 Å². The van der Waals surface area contributed by atoms with Crippen LogP contribution in [0.1, 0.15) is 29.2 Å². The van der Waals surface area contributed by atoms with E-state index in [-0.39, 0.29) is 11.9 Å². The van der Waals surface area contributed by atoms with Crippen molar-refractivity contribution in [2.24, 2.45) is 4.99 Å². The van der Waals surface area contributed by atoms with Crippen molar-refractivity contribution in [2.75, 3.05) is 38.5 Å². The lowest BCUT2D eigenvalue weighted by Gasteiger charge is -2.35. The fourth-order valence-electron chi connectivity index (χ4n) is 3.78. The molecule has 1 atom stereocenters. The Balaban J connectivity index is 1.73. The summed E-state index contributed by atoms with van der Waals surface area (Å²) in [6.07, 6.45) is 0.794. The van der Waals surface area contributed by atoms with Crippen LogP contribution in [0.2, 0.25) is 0 Å². The molecule has 0 spiro atoms. The number of amidine groups is 1. The third kappa shape index (κ3) is 3.83. The molecule has 142 valence electrons. The molecule has 5 heteroatoms. The topological polar surface area (TPSA) is 30.9 Å². The molecule has 2 heterocycles. The summed E-state index contributed by atoms with van der Waals surface area (Å²) < 4.78 is 13.4. The van der Waals surface area contributed by atoms with E-state index in [9.17, 15) is 4.39 Å². The van der Waals surface area contributed by atoms with Gasteiger partial charge in [-0.05, 0) is 61.9 Å². The smallest absolute Gasteiger partial charge is 0.123 e. The van der Waals surface area contributed by atoms with Crippen LogP contribution in [0.5, 0.6) is 0 Å². The summed E-state index contributed by atoms with van der Waals surface area (Å²) in [4.78, 5) is 9.83. The van der Waals surface area contributed by atoms with Crippen molar-refractivity contribution in [3.63, 3.8) is 0 Å². The lowest BCUT2D eigenvalue weighted by atomic mass is 10.0. The number of hydrogen-bond donors (Lipinski definition) is 1. The van der Waals surface area contributed by atoms with Crippen LogP contribution < -0.4 is 5.32 Å². The fourth-order valence-corrected chi connectivity index (χ4v) is 3.78. The van der Waals surface area contributed by atoms with Crippen LogP contribution in [0.15, 0.2) is 41.4 Å². The molecule has 1 fully saturated rings. The minimum absolute atomic E-state index is 0.0763. The zero-order valence-corrected chi connectivity index (χ0v) is 16.3. The molecule has 1 N–H and O–H groups in total. The van der Waals surface area contributed by atoms with E-state index in [0.717, 1.165) is 55.4 Å². The van der Waals surface area contributed by atoms with E-state index in [1.54, 1.807) is 0 Å². The minimum Gasteiger partial charge on any atom is -0.376 e. The highest BCUT2D eigenvalue weighted by Gasteiger charge is 2.25. The van der Waals surface area contributed by atoms with Gasteiger partial charge >= 0.3 is 0 Å². The van der Waals surface area contributed by atoms with Crippen LogP contribution in [-0.4, -0.2) is 48.9 Å². The van der Waals surface area contributed by atoms with Gasteiger partial charge in [0.1, 0.15) is 11.7 Å². The monoisotopic (exact) mass is 366 g/mol. The van der Waals surface area contributed by atoms with Gasteiger partial charge in [0, 0.05) is 32.6 Å². The van der Waals surface area contributed by atoms with Gasteiger partial charge < -0.3 is 15.1 Å². The van der Waals surface area contributed by atoms with Crippen molar-refractivity contribution in [2.45, 2.75) is 26.3 Å². The summed E-state index contributed by atoms with van der Waals surface area (Å²) in [5.74, 6) is 0.916. The largest absolute Gasteiger partial charge is 0.376 e. The molecule has 4 nitrogen and oxygen atoms in total. The Morgan fingerprint density at radius 2 is 1.67 bits per heavy atom. The quantitative estimate of drug-likeness (QED) is 0.817.